The summed E-state index contributed by atoms with van der Waals surface area (Å²) >= 11 is 4.88. The number of nitrogens with zero attached hydrogens (tertiary/aromatic N) is 2. The summed E-state index contributed by atoms with van der Waals surface area (Å²) in [5.41, 5.74) is 5.58. The Balaban J connectivity index is 2.56. The number of hydrogen-bond donors (Lipinski definition) is 2. The van der Waals surface area contributed by atoms with Gasteiger partial charge in [0.15, 0.2) is 5.75 Å². The van der Waals surface area contributed by atoms with Crippen LogP contribution < -0.4 is 10.5 Å². The van der Waals surface area contributed by atoms with Crippen LogP contribution in [0.15, 0.2) is 24.3 Å². The number of nitrogens with two attached hydrogens (primary N) is 1. The average molecular weight is 276 g/mol. The number of H-pyrrole nitrogens is 1. The highest BCUT2D eigenvalue weighted by Crippen LogP contribution is 2.29. The first kappa shape index (κ1) is 12.4. The van der Waals surface area contributed by atoms with Crippen LogP contribution in [-0.4, -0.2) is 21.1 Å². The lowest BCUT2D eigenvalue weighted by Gasteiger charge is -2.13. The van der Waals surface area contributed by atoms with E-state index in [1.165, 1.54) is 18.2 Å². The molecule has 0 aliphatic rings. The maximum Gasteiger partial charge on any atom is 0.573 e. The van der Waals surface area contributed by atoms with Crippen molar-refractivity contribution >= 4 is 18.2 Å². The maximum atomic E-state index is 12.3. The van der Waals surface area contributed by atoms with Gasteiger partial charge >= 0.3 is 6.36 Å². The standard InChI is InChI=1S/C9H7F3N4OS/c10-9(11,12)17-6-4-2-1-3-5(6)16-7(13)14-15-8(16)18/h1-4H,(H2,13,14)(H,15,18). The summed E-state index contributed by atoms with van der Waals surface area (Å²) in [7, 11) is 0. The average Bonchev–Trinajstić information content (AvgIpc) is 2.58. The maximum absolute atomic E-state index is 12.3. The van der Waals surface area contributed by atoms with E-state index in [4.69, 9.17) is 18.0 Å². The summed E-state index contributed by atoms with van der Waals surface area (Å²) in [5.74, 6) is -0.465. The van der Waals surface area contributed by atoms with Crippen LogP contribution in [0.1, 0.15) is 0 Å². The third-order valence-electron chi connectivity index (χ3n) is 2.03. The predicted octanol–water partition coefficient (Wildman–Crippen LogP) is 2.41. The van der Waals surface area contributed by atoms with Gasteiger partial charge < -0.3 is 10.5 Å². The summed E-state index contributed by atoms with van der Waals surface area (Å²) < 4.78 is 41.9. The molecule has 0 spiro atoms. The van der Waals surface area contributed by atoms with Gasteiger partial charge in [0.05, 0.1) is 5.69 Å². The summed E-state index contributed by atoms with van der Waals surface area (Å²) in [6.45, 7) is 0. The Labute approximate surface area is 104 Å². The molecule has 0 amide bonds. The van der Waals surface area contributed by atoms with E-state index in [-0.39, 0.29) is 16.4 Å². The second-order valence-corrected chi connectivity index (χ2v) is 3.62. The molecular weight excluding hydrogens is 269 g/mol. The van der Waals surface area contributed by atoms with E-state index in [2.05, 4.69) is 14.9 Å². The number of ether oxygens (including phenoxy) is 1. The van der Waals surface area contributed by atoms with Crippen molar-refractivity contribution in [1.82, 2.24) is 14.8 Å². The van der Waals surface area contributed by atoms with Gasteiger partial charge in [0.2, 0.25) is 10.7 Å². The normalized spacial score (nSPS) is 11.5. The zero-order chi connectivity index (χ0) is 13.3. The molecule has 0 saturated heterocycles. The molecule has 96 valence electrons. The Hall–Kier alpha value is -2.03. The Morgan fingerprint density at radius 3 is 2.56 bits per heavy atom. The largest absolute Gasteiger partial charge is 0.573 e. The number of nitrogen functional groups attached to an aromatic ring is 1. The fourth-order valence-corrected chi connectivity index (χ4v) is 1.63. The van der Waals surface area contributed by atoms with Crippen molar-refractivity contribution in [2.75, 3.05) is 5.73 Å². The second-order valence-electron chi connectivity index (χ2n) is 3.24. The number of hydrogen-bond acceptors (Lipinski definition) is 4. The van der Waals surface area contributed by atoms with E-state index < -0.39 is 12.1 Å². The molecular formula is C9H7F3N4OS. The molecule has 1 aromatic carbocycles. The van der Waals surface area contributed by atoms with Crippen LogP contribution >= 0.6 is 12.2 Å². The molecule has 0 atom stereocenters. The molecule has 0 aliphatic heterocycles. The number of para-hydroxylation sites is 2. The van der Waals surface area contributed by atoms with Gasteiger partial charge in [-0.15, -0.1) is 18.3 Å². The van der Waals surface area contributed by atoms with Gasteiger partial charge in [0, 0.05) is 0 Å². The van der Waals surface area contributed by atoms with E-state index in [0.29, 0.717) is 0 Å². The topological polar surface area (TPSA) is 68.9 Å². The molecule has 0 radical (unpaired) electrons. The highest BCUT2D eigenvalue weighted by molar-refractivity contribution is 7.71. The first-order chi connectivity index (χ1) is 8.38. The summed E-state index contributed by atoms with van der Waals surface area (Å²) in [4.78, 5) is 0. The van der Waals surface area contributed by atoms with Gasteiger partial charge in [-0.3, -0.25) is 4.57 Å². The zero-order valence-corrected chi connectivity index (χ0v) is 9.55. The molecule has 2 rings (SSSR count). The van der Waals surface area contributed by atoms with Crippen LogP contribution in [0.3, 0.4) is 0 Å². The molecule has 1 heterocycles. The molecule has 2 aromatic rings. The number of rotatable bonds is 2. The monoisotopic (exact) mass is 276 g/mol. The molecule has 0 fully saturated rings. The van der Waals surface area contributed by atoms with E-state index in [1.54, 1.807) is 0 Å². The Morgan fingerprint density at radius 1 is 1.33 bits per heavy atom. The van der Waals surface area contributed by atoms with Crippen LogP contribution in [0.4, 0.5) is 19.1 Å². The SMILES string of the molecule is Nc1n[nH]c(=S)n1-c1ccccc1OC(F)(F)F. The minimum atomic E-state index is -4.79. The number of benzene rings is 1. The van der Waals surface area contributed by atoms with Gasteiger partial charge in [0.1, 0.15) is 0 Å². The van der Waals surface area contributed by atoms with Crippen LogP contribution in [0, 0.1) is 4.77 Å². The van der Waals surface area contributed by atoms with E-state index >= 15 is 0 Å². The van der Waals surface area contributed by atoms with Crippen molar-refractivity contribution in [1.29, 1.82) is 0 Å². The number of anilines is 1. The molecule has 3 N–H and O–H groups in total. The van der Waals surface area contributed by atoms with Gasteiger partial charge in [-0.2, -0.15) is 0 Å². The van der Waals surface area contributed by atoms with E-state index in [0.717, 1.165) is 10.6 Å². The quantitative estimate of drug-likeness (QED) is 0.826. The zero-order valence-electron chi connectivity index (χ0n) is 8.73. The smallest absolute Gasteiger partial charge is 0.404 e. The first-order valence-electron chi connectivity index (χ1n) is 4.66. The number of nitrogens with one attached hydrogen (secondary N) is 1. The lowest BCUT2D eigenvalue weighted by atomic mass is 10.3. The highest BCUT2D eigenvalue weighted by Gasteiger charge is 2.32. The predicted molar refractivity (Wildman–Crippen MR) is 59.8 cm³/mol. The lowest BCUT2D eigenvalue weighted by molar-refractivity contribution is -0.274. The number of aromatic amines is 1. The summed E-state index contributed by atoms with van der Waals surface area (Å²) in [6, 6.07) is 5.50. The fourth-order valence-electron chi connectivity index (χ4n) is 1.39. The van der Waals surface area contributed by atoms with Gasteiger partial charge in [-0.25, -0.2) is 5.10 Å². The van der Waals surface area contributed by atoms with Crippen LogP contribution in [-0.2, 0) is 0 Å². The fraction of sp³-hybridized carbons (Fsp3) is 0.111. The minimum absolute atomic E-state index is 0.0572. The second kappa shape index (κ2) is 4.33. The van der Waals surface area contributed by atoms with Crippen molar-refractivity contribution in [2.24, 2.45) is 0 Å². The highest BCUT2D eigenvalue weighted by atomic mass is 32.1. The van der Waals surface area contributed by atoms with Crippen LogP contribution in [0.2, 0.25) is 0 Å². The van der Waals surface area contributed by atoms with Crippen LogP contribution in [0.25, 0.3) is 5.69 Å². The Kier molecular flexibility index (Phi) is 2.99. The third kappa shape index (κ3) is 2.45. The number of aromatic nitrogens is 3. The molecule has 0 aliphatic carbocycles. The molecule has 18 heavy (non-hydrogen) atoms. The van der Waals surface area contributed by atoms with Crippen molar-refractivity contribution in [2.45, 2.75) is 6.36 Å². The summed E-state index contributed by atoms with van der Waals surface area (Å²) in [5, 5.41) is 6.00. The number of halogens is 3. The first-order valence-corrected chi connectivity index (χ1v) is 5.07. The van der Waals surface area contributed by atoms with Gasteiger partial charge in [-0.05, 0) is 24.4 Å². The van der Waals surface area contributed by atoms with Crippen molar-refractivity contribution in [3.05, 3.63) is 29.0 Å². The minimum Gasteiger partial charge on any atom is -0.404 e. The van der Waals surface area contributed by atoms with E-state index in [1.807, 2.05) is 0 Å². The van der Waals surface area contributed by atoms with Gasteiger partial charge in [0.25, 0.3) is 0 Å². The van der Waals surface area contributed by atoms with Crippen LogP contribution in [0.5, 0.6) is 5.75 Å². The Bertz CT molecular complexity index is 619. The van der Waals surface area contributed by atoms with Crippen molar-refractivity contribution < 1.29 is 17.9 Å². The molecule has 0 unspecified atom stereocenters. The van der Waals surface area contributed by atoms with Crippen molar-refractivity contribution in [3.8, 4) is 11.4 Å². The molecule has 5 nitrogen and oxygen atoms in total. The van der Waals surface area contributed by atoms with Crippen molar-refractivity contribution in [3.63, 3.8) is 0 Å². The number of alkyl halides is 3. The molecule has 0 saturated carbocycles. The molecule has 9 heteroatoms. The summed E-state index contributed by atoms with van der Waals surface area (Å²) in [6.07, 6.45) is -4.79. The van der Waals surface area contributed by atoms with E-state index in [9.17, 15) is 13.2 Å². The molecule has 1 aromatic heterocycles. The third-order valence-corrected chi connectivity index (χ3v) is 2.30. The Morgan fingerprint density at radius 2 is 2.00 bits per heavy atom. The lowest BCUT2D eigenvalue weighted by Crippen LogP contribution is -2.18. The van der Waals surface area contributed by atoms with Gasteiger partial charge in [-0.1, -0.05) is 12.1 Å². The molecule has 0 bridgehead atoms.